The van der Waals surface area contributed by atoms with Gasteiger partial charge >= 0.3 is 0 Å². The fourth-order valence-corrected chi connectivity index (χ4v) is 2.99. The lowest BCUT2D eigenvalue weighted by molar-refractivity contribution is -0.129. The van der Waals surface area contributed by atoms with E-state index in [2.05, 4.69) is 15.3 Å². The van der Waals surface area contributed by atoms with E-state index in [9.17, 15) is 9.59 Å². The Morgan fingerprint density at radius 2 is 2.00 bits per heavy atom. The second kappa shape index (κ2) is 10.4. The van der Waals surface area contributed by atoms with Crippen LogP contribution < -0.4 is 5.32 Å². The second-order valence-electron chi connectivity index (χ2n) is 6.43. The van der Waals surface area contributed by atoms with Crippen LogP contribution in [-0.4, -0.2) is 57.8 Å². The Kier molecular flexibility index (Phi) is 7.92. The molecule has 0 spiro atoms. The molecule has 2 aromatic heterocycles. The molecule has 1 fully saturated rings. The van der Waals surface area contributed by atoms with Crippen molar-refractivity contribution in [1.29, 1.82) is 0 Å². The smallest absolute Gasteiger partial charge is 0.255 e. The normalized spacial score (nSPS) is 15.4. The van der Waals surface area contributed by atoms with E-state index in [4.69, 9.17) is 0 Å². The first kappa shape index (κ1) is 21.3. The van der Waals surface area contributed by atoms with Gasteiger partial charge in [-0.25, -0.2) is 4.98 Å². The summed E-state index contributed by atoms with van der Waals surface area (Å²) in [5.74, 6) is 0.672. The minimum atomic E-state index is -0.0479. The van der Waals surface area contributed by atoms with Crippen LogP contribution in [0.3, 0.4) is 0 Å². The number of carbonyl (C=O) groups excluding carboxylic acids is 2. The van der Waals surface area contributed by atoms with Gasteiger partial charge in [0.25, 0.3) is 5.91 Å². The van der Waals surface area contributed by atoms with Gasteiger partial charge < -0.3 is 15.1 Å². The van der Waals surface area contributed by atoms with E-state index >= 15 is 0 Å². The molecule has 3 heterocycles. The number of anilines is 1. The number of pyridine rings is 2. The van der Waals surface area contributed by atoms with Crippen molar-refractivity contribution in [2.45, 2.75) is 39.8 Å². The molecule has 28 heavy (non-hydrogen) atoms. The lowest BCUT2D eigenvalue weighted by Crippen LogP contribution is -2.38. The van der Waals surface area contributed by atoms with Crippen LogP contribution in [-0.2, 0) is 11.3 Å². The summed E-state index contributed by atoms with van der Waals surface area (Å²) in [5.41, 5.74) is 1.48. The van der Waals surface area contributed by atoms with Crippen molar-refractivity contribution < 1.29 is 9.59 Å². The van der Waals surface area contributed by atoms with E-state index < -0.39 is 0 Å². The lowest BCUT2D eigenvalue weighted by Gasteiger charge is -2.23. The Bertz CT molecular complexity index is 764. The Labute approximate surface area is 166 Å². The minimum Gasteiger partial charge on any atom is -0.364 e. The number of likely N-dealkylation sites (N-methyl/N-ethyl adjacent to an activating group) is 1. The van der Waals surface area contributed by atoms with Gasteiger partial charge in [0.15, 0.2) is 0 Å². The molecule has 0 aromatic carbocycles. The molecule has 2 aromatic rings. The second-order valence-corrected chi connectivity index (χ2v) is 6.43. The van der Waals surface area contributed by atoms with Crippen molar-refractivity contribution in [3.05, 3.63) is 54.0 Å². The number of rotatable bonds is 5. The van der Waals surface area contributed by atoms with Gasteiger partial charge in [0, 0.05) is 39.5 Å². The molecule has 150 valence electrons. The number of aromatic nitrogens is 2. The summed E-state index contributed by atoms with van der Waals surface area (Å²) < 4.78 is 0. The van der Waals surface area contributed by atoms with Crippen LogP contribution in [0, 0.1) is 0 Å². The number of amides is 2. The summed E-state index contributed by atoms with van der Waals surface area (Å²) in [4.78, 5) is 36.2. The van der Waals surface area contributed by atoms with Crippen LogP contribution in [0.5, 0.6) is 0 Å². The van der Waals surface area contributed by atoms with E-state index in [1.807, 2.05) is 32.0 Å². The molecule has 1 aliphatic heterocycles. The summed E-state index contributed by atoms with van der Waals surface area (Å²) in [5, 5.41) is 3.19. The van der Waals surface area contributed by atoms with Gasteiger partial charge in [0.1, 0.15) is 5.82 Å². The molecule has 0 unspecified atom stereocenters. The Hall–Kier alpha value is -2.96. The van der Waals surface area contributed by atoms with Crippen molar-refractivity contribution in [3.63, 3.8) is 0 Å². The minimum absolute atomic E-state index is 0.0225. The van der Waals surface area contributed by atoms with Crippen molar-refractivity contribution in [2.24, 2.45) is 0 Å². The average Bonchev–Trinajstić information content (AvgIpc) is 3.24. The maximum absolute atomic E-state index is 12.6. The van der Waals surface area contributed by atoms with Gasteiger partial charge in [-0.3, -0.25) is 14.6 Å². The van der Waals surface area contributed by atoms with E-state index in [1.165, 1.54) is 0 Å². The Morgan fingerprint density at radius 3 is 2.61 bits per heavy atom. The summed E-state index contributed by atoms with van der Waals surface area (Å²) in [7, 11) is 1.78. The van der Waals surface area contributed by atoms with Gasteiger partial charge in [-0.15, -0.1) is 0 Å². The highest BCUT2D eigenvalue weighted by Crippen LogP contribution is 2.18. The van der Waals surface area contributed by atoms with Gasteiger partial charge in [-0.05, 0) is 30.7 Å². The Morgan fingerprint density at radius 1 is 1.21 bits per heavy atom. The highest BCUT2D eigenvalue weighted by atomic mass is 16.2. The third-order valence-corrected chi connectivity index (χ3v) is 4.68. The zero-order chi connectivity index (χ0) is 20.5. The highest BCUT2D eigenvalue weighted by Gasteiger charge is 2.30. The molecule has 1 atom stereocenters. The van der Waals surface area contributed by atoms with Crippen molar-refractivity contribution in [1.82, 2.24) is 19.8 Å². The van der Waals surface area contributed by atoms with Crippen molar-refractivity contribution in [2.75, 3.05) is 25.5 Å². The predicted octanol–water partition coefficient (Wildman–Crippen LogP) is 2.81. The molecule has 0 aliphatic carbocycles. The third kappa shape index (κ3) is 5.52. The van der Waals surface area contributed by atoms with Crippen molar-refractivity contribution >= 4 is 17.6 Å². The fourth-order valence-electron chi connectivity index (χ4n) is 2.99. The summed E-state index contributed by atoms with van der Waals surface area (Å²) in [6, 6.07) is 9.41. The van der Waals surface area contributed by atoms with Crippen LogP contribution in [0.25, 0.3) is 0 Å². The SMILES string of the molecule is CC.CC(=O)N(C)[C@H]1CCN(C(=O)c2ccc(NCc3ccccn3)nc2)C1. The fraction of sp³-hybridized carbons (Fsp3) is 0.429. The first-order chi connectivity index (χ1) is 13.5. The van der Waals surface area contributed by atoms with E-state index in [0.29, 0.717) is 31.0 Å². The monoisotopic (exact) mass is 383 g/mol. The predicted molar refractivity (Wildman–Crippen MR) is 110 cm³/mol. The topological polar surface area (TPSA) is 78.4 Å². The lowest BCUT2D eigenvalue weighted by atomic mass is 10.2. The molecular weight excluding hydrogens is 354 g/mol. The van der Waals surface area contributed by atoms with Gasteiger partial charge in [-0.2, -0.15) is 0 Å². The van der Waals surface area contributed by atoms with E-state index in [-0.39, 0.29) is 17.9 Å². The quantitative estimate of drug-likeness (QED) is 0.859. The molecule has 1 saturated heterocycles. The number of likely N-dealkylation sites (tertiary alicyclic amines) is 1. The summed E-state index contributed by atoms with van der Waals surface area (Å²) >= 11 is 0. The van der Waals surface area contributed by atoms with E-state index in [1.54, 1.807) is 48.3 Å². The molecular formula is C21H29N5O2. The first-order valence-electron chi connectivity index (χ1n) is 9.67. The maximum Gasteiger partial charge on any atom is 0.255 e. The number of hydrogen-bond acceptors (Lipinski definition) is 5. The largest absolute Gasteiger partial charge is 0.364 e. The van der Waals surface area contributed by atoms with Gasteiger partial charge in [0.2, 0.25) is 5.91 Å². The third-order valence-electron chi connectivity index (χ3n) is 4.68. The first-order valence-corrected chi connectivity index (χ1v) is 9.67. The molecule has 1 aliphatic rings. The summed E-state index contributed by atoms with van der Waals surface area (Å²) in [6.07, 6.45) is 4.14. The average molecular weight is 383 g/mol. The highest BCUT2D eigenvalue weighted by molar-refractivity contribution is 5.94. The van der Waals surface area contributed by atoms with Gasteiger partial charge in [-0.1, -0.05) is 19.9 Å². The number of nitrogens with zero attached hydrogens (tertiary/aromatic N) is 4. The van der Waals surface area contributed by atoms with Crippen LogP contribution in [0.4, 0.5) is 5.82 Å². The van der Waals surface area contributed by atoms with Gasteiger partial charge in [0.05, 0.1) is 23.8 Å². The molecule has 1 N–H and O–H groups in total. The number of nitrogens with one attached hydrogen (secondary N) is 1. The molecule has 2 amide bonds. The summed E-state index contributed by atoms with van der Waals surface area (Å²) in [6.45, 7) is 7.34. The zero-order valence-corrected chi connectivity index (χ0v) is 17.1. The van der Waals surface area contributed by atoms with Crippen LogP contribution in [0.15, 0.2) is 42.7 Å². The zero-order valence-electron chi connectivity index (χ0n) is 17.1. The number of hydrogen-bond donors (Lipinski definition) is 1. The van der Waals surface area contributed by atoms with Crippen LogP contribution in [0.1, 0.15) is 43.2 Å². The van der Waals surface area contributed by atoms with Crippen LogP contribution in [0.2, 0.25) is 0 Å². The standard InChI is InChI=1S/C19H23N5O2.C2H6/c1-14(25)23(2)17-8-10-24(13-17)19(26)15-6-7-18(21-11-15)22-12-16-5-3-4-9-20-16;1-2/h3-7,9,11,17H,8,10,12-13H2,1-2H3,(H,21,22);1-2H3/t17-;/m0./s1. The molecule has 3 rings (SSSR count). The molecule has 7 nitrogen and oxygen atoms in total. The van der Waals surface area contributed by atoms with Crippen molar-refractivity contribution in [3.8, 4) is 0 Å². The molecule has 7 heteroatoms. The van der Waals surface area contributed by atoms with E-state index in [0.717, 1.165) is 12.1 Å². The molecule has 0 bridgehead atoms. The maximum atomic E-state index is 12.6. The molecule has 0 saturated carbocycles. The molecule has 0 radical (unpaired) electrons. The van der Waals surface area contributed by atoms with Crippen LogP contribution >= 0.6 is 0 Å². The Balaban J connectivity index is 0.00000136. The number of carbonyl (C=O) groups is 2.